The normalized spacial score (nSPS) is 17.9. The first-order chi connectivity index (χ1) is 15.3. The number of aromatic nitrogens is 1. The van der Waals surface area contributed by atoms with Gasteiger partial charge in [0.05, 0.1) is 18.7 Å². The number of ether oxygens (including phenoxy) is 1. The highest BCUT2D eigenvalue weighted by Gasteiger charge is 2.48. The van der Waals surface area contributed by atoms with E-state index in [-0.39, 0.29) is 17.2 Å². The standard InChI is InChI=1S/C25H24N2O5/c1-14(2)16-5-7-17(8-6-16)22-21(23(28)18-9-11-19(31-4)12-10-18)24(29)25(30)27(22)20-13-15(3)32-26-20/h5-14,22,28H,1-4H3/b23-21+. The van der Waals surface area contributed by atoms with E-state index in [1.807, 2.05) is 24.3 Å². The van der Waals surface area contributed by atoms with E-state index in [1.165, 1.54) is 4.90 Å². The van der Waals surface area contributed by atoms with Crippen LogP contribution >= 0.6 is 0 Å². The van der Waals surface area contributed by atoms with Gasteiger partial charge >= 0.3 is 5.91 Å². The summed E-state index contributed by atoms with van der Waals surface area (Å²) in [4.78, 5) is 27.4. The molecule has 7 nitrogen and oxygen atoms in total. The van der Waals surface area contributed by atoms with Gasteiger partial charge in [0.1, 0.15) is 17.3 Å². The number of methoxy groups -OCH3 is 1. The third kappa shape index (κ3) is 3.66. The third-order valence-electron chi connectivity index (χ3n) is 5.59. The molecule has 0 spiro atoms. The number of nitrogens with zero attached hydrogens (tertiary/aromatic N) is 2. The largest absolute Gasteiger partial charge is 0.507 e. The Labute approximate surface area is 185 Å². The third-order valence-corrected chi connectivity index (χ3v) is 5.59. The summed E-state index contributed by atoms with van der Waals surface area (Å²) in [6, 6.07) is 15.0. The maximum Gasteiger partial charge on any atom is 0.301 e. The number of aliphatic hydroxyl groups excluding tert-OH is 1. The van der Waals surface area contributed by atoms with Crippen LogP contribution in [0.1, 0.15) is 48.3 Å². The highest BCUT2D eigenvalue weighted by Crippen LogP contribution is 2.42. The molecule has 0 radical (unpaired) electrons. The second kappa shape index (κ2) is 8.34. The Morgan fingerprint density at radius 2 is 1.75 bits per heavy atom. The van der Waals surface area contributed by atoms with Gasteiger partial charge in [0.2, 0.25) is 0 Å². The molecule has 0 saturated carbocycles. The molecule has 1 unspecified atom stereocenters. The van der Waals surface area contributed by atoms with Gasteiger partial charge < -0.3 is 14.4 Å². The Morgan fingerprint density at radius 1 is 1.09 bits per heavy atom. The highest BCUT2D eigenvalue weighted by molar-refractivity contribution is 6.51. The van der Waals surface area contributed by atoms with Crippen molar-refractivity contribution < 1.29 is 24.0 Å². The predicted octanol–water partition coefficient (Wildman–Crippen LogP) is 4.74. The number of hydrogen-bond acceptors (Lipinski definition) is 6. The lowest BCUT2D eigenvalue weighted by Gasteiger charge is -2.23. The predicted molar refractivity (Wildman–Crippen MR) is 120 cm³/mol. The summed E-state index contributed by atoms with van der Waals surface area (Å²) in [5.74, 6) is -0.147. The van der Waals surface area contributed by atoms with E-state index >= 15 is 0 Å². The molecule has 0 bridgehead atoms. The highest BCUT2D eigenvalue weighted by atomic mass is 16.5. The molecule has 1 aromatic heterocycles. The second-order valence-corrected chi connectivity index (χ2v) is 8.01. The molecule has 1 aliphatic heterocycles. The van der Waals surface area contributed by atoms with E-state index in [1.54, 1.807) is 44.4 Å². The van der Waals surface area contributed by atoms with Crippen LogP contribution in [0, 0.1) is 6.92 Å². The lowest BCUT2D eigenvalue weighted by atomic mass is 9.93. The van der Waals surface area contributed by atoms with Crippen molar-refractivity contribution in [3.63, 3.8) is 0 Å². The number of Topliss-reactive ketones (excluding diaryl/α,β-unsaturated/α-hetero) is 1. The number of aryl methyl sites for hydroxylation is 1. The zero-order chi connectivity index (χ0) is 23.0. The molecule has 32 heavy (non-hydrogen) atoms. The van der Waals surface area contributed by atoms with E-state index in [0.29, 0.717) is 28.6 Å². The maximum atomic E-state index is 13.1. The van der Waals surface area contributed by atoms with Crippen molar-refractivity contribution in [3.8, 4) is 5.75 Å². The van der Waals surface area contributed by atoms with Crippen LogP contribution in [0.5, 0.6) is 5.75 Å². The van der Waals surface area contributed by atoms with Gasteiger partial charge in [-0.3, -0.25) is 14.5 Å². The molecular formula is C25H24N2O5. The minimum Gasteiger partial charge on any atom is -0.507 e. The first kappa shape index (κ1) is 21.4. The number of carbonyl (C=O) groups excluding carboxylic acids is 2. The molecule has 1 aliphatic rings. The first-order valence-corrected chi connectivity index (χ1v) is 10.3. The van der Waals surface area contributed by atoms with Gasteiger partial charge in [-0.2, -0.15) is 0 Å². The molecular weight excluding hydrogens is 408 g/mol. The van der Waals surface area contributed by atoms with Crippen molar-refractivity contribution in [2.45, 2.75) is 32.7 Å². The Balaban J connectivity index is 1.89. The van der Waals surface area contributed by atoms with E-state index in [9.17, 15) is 14.7 Å². The van der Waals surface area contributed by atoms with Crippen molar-refractivity contribution in [1.29, 1.82) is 0 Å². The monoisotopic (exact) mass is 432 g/mol. The average molecular weight is 432 g/mol. The van der Waals surface area contributed by atoms with E-state index in [4.69, 9.17) is 9.26 Å². The molecule has 3 aromatic rings. The number of anilines is 1. The summed E-state index contributed by atoms with van der Waals surface area (Å²) in [5.41, 5.74) is 2.21. The fourth-order valence-corrected chi connectivity index (χ4v) is 3.82. The van der Waals surface area contributed by atoms with Crippen LogP contribution in [0.2, 0.25) is 0 Å². The van der Waals surface area contributed by atoms with Gasteiger partial charge in [-0.1, -0.05) is 43.3 Å². The summed E-state index contributed by atoms with van der Waals surface area (Å²) >= 11 is 0. The number of benzene rings is 2. The quantitative estimate of drug-likeness (QED) is 0.356. The van der Waals surface area contributed by atoms with Crippen LogP contribution in [0.4, 0.5) is 5.82 Å². The van der Waals surface area contributed by atoms with Crippen LogP contribution in [0.15, 0.2) is 64.7 Å². The zero-order valence-corrected chi connectivity index (χ0v) is 18.3. The lowest BCUT2D eigenvalue weighted by molar-refractivity contribution is -0.132. The molecule has 7 heteroatoms. The van der Waals surface area contributed by atoms with Gasteiger partial charge in [-0.05, 0) is 48.2 Å². The Kier molecular flexibility index (Phi) is 5.57. The van der Waals surface area contributed by atoms with E-state index in [0.717, 1.165) is 5.56 Å². The molecule has 164 valence electrons. The Hall–Kier alpha value is -3.87. The van der Waals surface area contributed by atoms with Gasteiger partial charge in [0.15, 0.2) is 5.82 Å². The van der Waals surface area contributed by atoms with Gasteiger partial charge in [-0.25, -0.2) is 0 Å². The SMILES string of the molecule is COc1ccc(/C(O)=C2\C(=O)C(=O)N(c3cc(C)on3)C2c2ccc(C(C)C)cc2)cc1. The first-order valence-electron chi connectivity index (χ1n) is 10.3. The summed E-state index contributed by atoms with van der Waals surface area (Å²) < 4.78 is 10.3. The number of ketones is 1. The minimum absolute atomic E-state index is 0.00174. The van der Waals surface area contributed by atoms with Crippen molar-refractivity contribution >= 4 is 23.3 Å². The fraction of sp³-hybridized carbons (Fsp3) is 0.240. The van der Waals surface area contributed by atoms with Gasteiger partial charge in [-0.15, -0.1) is 0 Å². The molecule has 0 aliphatic carbocycles. The molecule has 1 amide bonds. The Bertz CT molecular complexity index is 1190. The molecule has 1 saturated heterocycles. The molecule has 2 heterocycles. The number of rotatable bonds is 5. The van der Waals surface area contributed by atoms with Gasteiger partial charge in [0, 0.05) is 11.6 Å². The molecule has 1 N–H and O–H groups in total. The summed E-state index contributed by atoms with van der Waals surface area (Å²) in [7, 11) is 1.54. The van der Waals surface area contributed by atoms with Gasteiger partial charge in [0.25, 0.3) is 5.78 Å². The van der Waals surface area contributed by atoms with Crippen LogP contribution in [-0.4, -0.2) is 29.1 Å². The number of aliphatic hydroxyl groups is 1. The number of carbonyl (C=O) groups is 2. The van der Waals surface area contributed by atoms with Crippen LogP contribution in [-0.2, 0) is 9.59 Å². The number of hydrogen-bond donors (Lipinski definition) is 1. The average Bonchev–Trinajstić information content (AvgIpc) is 3.34. The molecule has 4 rings (SSSR count). The fourth-order valence-electron chi connectivity index (χ4n) is 3.82. The van der Waals surface area contributed by atoms with E-state index in [2.05, 4.69) is 19.0 Å². The summed E-state index contributed by atoms with van der Waals surface area (Å²) in [6.45, 7) is 5.88. The van der Waals surface area contributed by atoms with Crippen LogP contribution in [0.25, 0.3) is 5.76 Å². The topological polar surface area (TPSA) is 92.9 Å². The molecule has 1 atom stereocenters. The van der Waals surface area contributed by atoms with E-state index < -0.39 is 17.7 Å². The Morgan fingerprint density at radius 3 is 2.28 bits per heavy atom. The number of amides is 1. The maximum absolute atomic E-state index is 13.1. The van der Waals surface area contributed by atoms with Crippen LogP contribution in [0.3, 0.4) is 0 Å². The zero-order valence-electron chi connectivity index (χ0n) is 18.3. The van der Waals surface area contributed by atoms with Crippen molar-refractivity contribution in [2.75, 3.05) is 12.0 Å². The lowest BCUT2D eigenvalue weighted by Crippen LogP contribution is -2.29. The summed E-state index contributed by atoms with van der Waals surface area (Å²) in [5, 5.41) is 15.1. The smallest absolute Gasteiger partial charge is 0.301 e. The van der Waals surface area contributed by atoms with Crippen molar-refractivity contribution in [1.82, 2.24) is 5.16 Å². The second-order valence-electron chi connectivity index (χ2n) is 8.01. The molecule has 1 fully saturated rings. The minimum atomic E-state index is -0.845. The van der Waals surface area contributed by atoms with Crippen molar-refractivity contribution in [2.24, 2.45) is 0 Å². The summed E-state index contributed by atoms with van der Waals surface area (Å²) in [6.07, 6.45) is 0. The molecule has 2 aromatic carbocycles. The van der Waals surface area contributed by atoms with Crippen molar-refractivity contribution in [3.05, 3.63) is 82.6 Å². The van der Waals surface area contributed by atoms with Crippen LogP contribution < -0.4 is 9.64 Å².